The van der Waals surface area contributed by atoms with Crippen LogP contribution < -0.4 is 14.2 Å². The number of nitrogens with zero attached hydrogens (tertiary/aromatic N) is 2. The van der Waals surface area contributed by atoms with Crippen LogP contribution >= 0.6 is 0 Å². The first-order chi connectivity index (χ1) is 16.0. The zero-order valence-electron chi connectivity index (χ0n) is 18.4. The van der Waals surface area contributed by atoms with Gasteiger partial charge in [0.2, 0.25) is 0 Å². The summed E-state index contributed by atoms with van der Waals surface area (Å²) >= 11 is -0.0539. The van der Waals surface area contributed by atoms with Gasteiger partial charge in [0.25, 0.3) is 0 Å². The SMILES string of the molecule is COc1cc(-c2nc(Cc3ccccc3)[se]c2-c2ccc([N+](=O)[O-])cc2)cc(OC)c1OC. The molecule has 33 heavy (non-hydrogen) atoms. The van der Waals surface area contributed by atoms with E-state index in [1.807, 2.05) is 30.3 Å². The van der Waals surface area contributed by atoms with Crippen LogP contribution in [-0.2, 0) is 6.42 Å². The molecule has 1 aromatic heterocycles. The van der Waals surface area contributed by atoms with Crippen LogP contribution in [0.15, 0.2) is 66.7 Å². The zero-order chi connectivity index (χ0) is 23.4. The van der Waals surface area contributed by atoms with Crippen LogP contribution in [-0.4, -0.2) is 45.7 Å². The van der Waals surface area contributed by atoms with E-state index in [1.165, 1.54) is 17.7 Å². The van der Waals surface area contributed by atoms with E-state index in [0.717, 1.165) is 32.2 Å². The number of hydrogen-bond donors (Lipinski definition) is 0. The standard InChI is InChI=1S/C25H22N2O5Se/c1-30-20-14-18(15-21(31-2)24(20)32-3)23-25(17-9-11-19(12-10-17)27(28)29)33-22(26-23)13-16-7-5-4-6-8-16/h4-12,14-15H,13H2,1-3H3. The van der Waals surface area contributed by atoms with Crippen LogP contribution in [0.2, 0.25) is 0 Å². The molecule has 0 aliphatic heterocycles. The van der Waals surface area contributed by atoms with Gasteiger partial charge in [0.1, 0.15) is 0 Å². The second kappa shape index (κ2) is 9.90. The van der Waals surface area contributed by atoms with E-state index in [9.17, 15) is 10.1 Å². The number of benzene rings is 3. The molecule has 4 rings (SSSR count). The summed E-state index contributed by atoms with van der Waals surface area (Å²) in [7, 11) is 4.72. The summed E-state index contributed by atoms with van der Waals surface area (Å²) in [6, 6.07) is 20.6. The van der Waals surface area contributed by atoms with E-state index in [4.69, 9.17) is 19.2 Å². The number of nitro benzene ring substituents is 1. The second-order valence-corrected chi connectivity index (χ2v) is 9.44. The van der Waals surface area contributed by atoms with Crippen LogP contribution in [0.25, 0.3) is 21.3 Å². The Morgan fingerprint density at radius 3 is 2.06 bits per heavy atom. The van der Waals surface area contributed by atoms with E-state index in [0.29, 0.717) is 17.2 Å². The van der Waals surface area contributed by atoms with E-state index >= 15 is 0 Å². The van der Waals surface area contributed by atoms with Gasteiger partial charge in [-0.25, -0.2) is 0 Å². The van der Waals surface area contributed by atoms with Crippen molar-refractivity contribution in [2.24, 2.45) is 0 Å². The van der Waals surface area contributed by atoms with Crippen molar-refractivity contribution in [1.82, 2.24) is 4.98 Å². The van der Waals surface area contributed by atoms with Crippen LogP contribution in [0.3, 0.4) is 0 Å². The van der Waals surface area contributed by atoms with Crippen molar-refractivity contribution in [2.45, 2.75) is 6.42 Å². The van der Waals surface area contributed by atoms with Gasteiger partial charge in [-0.15, -0.1) is 0 Å². The number of aromatic nitrogens is 1. The molecule has 4 aromatic rings. The Hall–Kier alpha value is -3.61. The Morgan fingerprint density at radius 1 is 0.879 bits per heavy atom. The molecule has 0 unspecified atom stereocenters. The third-order valence-corrected chi connectivity index (χ3v) is 7.47. The second-order valence-electron chi connectivity index (χ2n) is 7.17. The molecule has 0 aliphatic rings. The quantitative estimate of drug-likeness (QED) is 0.189. The topological polar surface area (TPSA) is 83.7 Å². The average Bonchev–Trinajstić information content (AvgIpc) is 3.27. The van der Waals surface area contributed by atoms with Crippen LogP contribution in [0.5, 0.6) is 17.2 Å². The Kier molecular flexibility index (Phi) is 6.77. The Balaban J connectivity index is 1.86. The maximum absolute atomic E-state index is 11.1. The number of rotatable bonds is 8. The van der Waals surface area contributed by atoms with Crippen molar-refractivity contribution in [3.05, 3.63) is 87.0 Å². The van der Waals surface area contributed by atoms with Crippen LogP contribution in [0, 0.1) is 10.1 Å². The first-order valence-corrected chi connectivity index (χ1v) is 11.8. The third-order valence-electron chi connectivity index (χ3n) is 5.15. The molecule has 0 saturated heterocycles. The van der Waals surface area contributed by atoms with Crippen molar-refractivity contribution < 1.29 is 19.1 Å². The molecule has 0 aliphatic carbocycles. The molecule has 0 amide bonds. The molecule has 0 fully saturated rings. The van der Waals surface area contributed by atoms with Crippen molar-refractivity contribution in [3.8, 4) is 38.5 Å². The van der Waals surface area contributed by atoms with E-state index < -0.39 is 4.92 Å². The van der Waals surface area contributed by atoms with Gasteiger partial charge in [0.15, 0.2) is 0 Å². The number of hydrogen-bond acceptors (Lipinski definition) is 6. The first kappa shape index (κ1) is 22.6. The summed E-state index contributed by atoms with van der Waals surface area (Å²) in [5.74, 6) is 1.60. The predicted octanol–water partition coefficient (Wildman–Crippen LogP) is 5.00. The number of nitro groups is 1. The summed E-state index contributed by atoms with van der Waals surface area (Å²) in [6.45, 7) is 0. The van der Waals surface area contributed by atoms with Gasteiger partial charge in [-0.2, -0.15) is 0 Å². The van der Waals surface area contributed by atoms with E-state index in [2.05, 4.69) is 12.1 Å². The molecule has 0 bridgehead atoms. The predicted molar refractivity (Wildman–Crippen MR) is 128 cm³/mol. The number of methoxy groups -OCH3 is 3. The van der Waals surface area contributed by atoms with Gasteiger partial charge in [-0.3, -0.25) is 0 Å². The minimum atomic E-state index is -0.393. The normalized spacial score (nSPS) is 10.6. The fraction of sp³-hybridized carbons (Fsp3) is 0.160. The Labute approximate surface area is 197 Å². The molecule has 7 nitrogen and oxygen atoms in total. The summed E-state index contributed by atoms with van der Waals surface area (Å²) in [6.07, 6.45) is 0.741. The summed E-state index contributed by atoms with van der Waals surface area (Å²) < 4.78 is 18.7. The van der Waals surface area contributed by atoms with Crippen LogP contribution in [0.4, 0.5) is 5.69 Å². The van der Waals surface area contributed by atoms with Gasteiger partial charge in [-0.05, 0) is 0 Å². The van der Waals surface area contributed by atoms with Crippen LogP contribution in [0.1, 0.15) is 10.1 Å². The molecule has 8 heteroatoms. The monoisotopic (exact) mass is 510 g/mol. The van der Waals surface area contributed by atoms with Gasteiger partial charge in [0.05, 0.1) is 0 Å². The Bertz CT molecular complexity index is 1240. The van der Waals surface area contributed by atoms with E-state index in [-0.39, 0.29) is 20.2 Å². The summed E-state index contributed by atoms with van der Waals surface area (Å²) in [5, 5.41) is 11.1. The first-order valence-electron chi connectivity index (χ1n) is 10.1. The van der Waals surface area contributed by atoms with E-state index in [1.54, 1.807) is 33.5 Å². The number of non-ortho nitro benzene ring substituents is 1. The van der Waals surface area contributed by atoms with Gasteiger partial charge in [0, 0.05) is 0 Å². The van der Waals surface area contributed by atoms with Crippen molar-refractivity contribution in [2.75, 3.05) is 21.3 Å². The molecule has 0 spiro atoms. The summed E-state index contributed by atoms with van der Waals surface area (Å²) in [4.78, 5) is 15.7. The maximum atomic E-state index is 11.1. The van der Waals surface area contributed by atoms with Gasteiger partial charge < -0.3 is 0 Å². The van der Waals surface area contributed by atoms with Gasteiger partial charge in [-0.1, -0.05) is 0 Å². The molecule has 0 saturated carbocycles. The molecule has 0 atom stereocenters. The molecule has 0 N–H and O–H groups in total. The van der Waals surface area contributed by atoms with Crippen molar-refractivity contribution in [1.29, 1.82) is 0 Å². The molecular formula is C25H22N2O5Se. The fourth-order valence-electron chi connectivity index (χ4n) is 3.55. The number of ether oxygens (including phenoxy) is 3. The molecule has 0 radical (unpaired) electrons. The average molecular weight is 509 g/mol. The third kappa shape index (κ3) is 4.77. The minimum absolute atomic E-state index is 0.0539. The Morgan fingerprint density at radius 2 is 1.52 bits per heavy atom. The fourth-order valence-corrected chi connectivity index (χ4v) is 5.92. The molecular weight excluding hydrogens is 487 g/mol. The molecule has 1 heterocycles. The van der Waals surface area contributed by atoms with Crippen molar-refractivity contribution in [3.63, 3.8) is 0 Å². The summed E-state index contributed by atoms with van der Waals surface area (Å²) in [5.41, 5.74) is 3.81. The van der Waals surface area contributed by atoms with Crippen molar-refractivity contribution >= 4 is 20.2 Å². The molecule has 168 valence electrons. The zero-order valence-corrected chi connectivity index (χ0v) is 20.1. The van der Waals surface area contributed by atoms with Gasteiger partial charge >= 0.3 is 198 Å². The molecule has 3 aromatic carbocycles.